The number of fused-ring (bicyclic) bond motifs is 1. The SMILES string of the molecule is OC[C@H]1O[C@@H](Oc2c[nH]c3ccccc23)[C@H](O)[C@@H]1O. The third-order valence-electron chi connectivity index (χ3n) is 3.29. The van der Waals surface area contributed by atoms with Crippen molar-refractivity contribution < 1.29 is 24.8 Å². The fourth-order valence-electron chi connectivity index (χ4n) is 2.23. The van der Waals surface area contributed by atoms with Gasteiger partial charge in [0, 0.05) is 17.1 Å². The highest BCUT2D eigenvalue weighted by Gasteiger charge is 2.44. The van der Waals surface area contributed by atoms with E-state index in [1.165, 1.54) is 0 Å². The van der Waals surface area contributed by atoms with Gasteiger partial charge in [0.2, 0.25) is 6.29 Å². The normalized spacial score (nSPS) is 30.9. The van der Waals surface area contributed by atoms with Crippen molar-refractivity contribution in [3.05, 3.63) is 30.5 Å². The number of aromatic nitrogens is 1. The zero-order valence-corrected chi connectivity index (χ0v) is 10.1. The van der Waals surface area contributed by atoms with Gasteiger partial charge in [0.1, 0.15) is 24.1 Å². The van der Waals surface area contributed by atoms with Crippen LogP contribution in [0.2, 0.25) is 0 Å². The fourth-order valence-corrected chi connectivity index (χ4v) is 2.23. The van der Waals surface area contributed by atoms with E-state index in [-0.39, 0.29) is 6.61 Å². The molecular weight excluding hydrogens is 250 g/mol. The zero-order valence-electron chi connectivity index (χ0n) is 10.1. The van der Waals surface area contributed by atoms with Crippen LogP contribution in [0.5, 0.6) is 5.75 Å². The summed E-state index contributed by atoms with van der Waals surface area (Å²) in [5, 5.41) is 29.3. The molecule has 0 unspecified atom stereocenters. The van der Waals surface area contributed by atoms with Crippen molar-refractivity contribution in [2.45, 2.75) is 24.6 Å². The molecule has 3 rings (SSSR count). The van der Waals surface area contributed by atoms with Crippen molar-refractivity contribution >= 4 is 10.9 Å². The molecule has 6 nitrogen and oxygen atoms in total. The van der Waals surface area contributed by atoms with Gasteiger partial charge >= 0.3 is 0 Å². The third kappa shape index (κ3) is 2.08. The predicted molar refractivity (Wildman–Crippen MR) is 66.7 cm³/mol. The molecule has 19 heavy (non-hydrogen) atoms. The summed E-state index contributed by atoms with van der Waals surface area (Å²) in [5.74, 6) is 0.533. The largest absolute Gasteiger partial charge is 0.460 e. The minimum Gasteiger partial charge on any atom is -0.460 e. The van der Waals surface area contributed by atoms with Crippen molar-refractivity contribution in [2.75, 3.05) is 6.61 Å². The quantitative estimate of drug-likeness (QED) is 0.626. The van der Waals surface area contributed by atoms with Crippen LogP contribution in [-0.2, 0) is 4.74 Å². The number of aliphatic hydroxyl groups is 3. The van der Waals surface area contributed by atoms with Gasteiger partial charge in [-0.05, 0) is 12.1 Å². The van der Waals surface area contributed by atoms with Crippen LogP contribution in [-0.4, -0.2) is 51.5 Å². The Balaban J connectivity index is 1.82. The Morgan fingerprint density at radius 2 is 2.00 bits per heavy atom. The first-order chi connectivity index (χ1) is 9.20. The molecule has 1 aliphatic rings. The smallest absolute Gasteiger partial charge is 0.229 e. The Hall–Kier alpha value is -1.60. The van der Waals surface area contributed by atoms with Gasteiger partial charge in [-0.15, -0.1) is 0 Å². The number of nitrogens with one attached hydrogen (secondary N) is 1. The number of aromatic amines is 1. The van der Waals surface area contributed by atoms with Crippen molar-refractivity contribution in [1.82, 2.24) is 4.98 Å². The van der Waals surface area contributed by atoms with E-state index in [2.05, 4.69) is 4.98 Å². The number of benzene rings is 1. The van der Waals surface area contributed by atoms with Crippen LogP contribution in [0, 0.1) is 0 Å². The average Bonchev–Trinajstić information content (AvgIpc) is 2.96. The van der Waals surface area contributed by atoms with Crippen molar-refractivity contribution in [3.63, 3.8) is 0 Å². The van der Waals surface area contributed by atoms with Crippen LogP contribution in [0.4, 0.5) is 0 Å². The lowest BCUT2D eigenvalue weighted by atomic mass is 10.1. The molecule has 1 aliphatic heterocycles. The molecule has 2 aromatic rings. The van der Waals surface area contributed by atoms with Gasteiger partial charge in [-0.3, -0.25) is 0 Å². The van der Waals surface area contributed by atoms with Crippen LogP contribution in [0.15, 0.2) is 30.5 Å². The van der Waals surface area contributed by atoms with Crippen molar-refractivity contribution in [3.8, 4) is 5.75 Å². The second-order valence-electron chi connectivity index (χ2n) is 4.52. The maximum atomic E-state index is 9.81. The average molecular weight is 265 g/mol. The molecule has 0 aliphatic carbocycles. The van der Waals surface area contributed by atoms with Gasteiger partial charge in [0.05, 0.1) is 6.61 Å². The first-order valence-electron chi connectivity index (χ1n) is 6.06. The lowest BCUT2D eigenvalue weighted by Crippen LogP contribution is -2.35. The number of H-pyrrole nitrogens is 1. The van der Waals surface area contributed by atoms with Gasteiger partial charge in [0.25, 0.3) is 0 Å². The van der Waals surface area contributed by atoms with E-state index in [0.717, 1.165) is 10.9 Å². The van der Waals surface area contributed by atoms with Crippen LogP contribution in [0.1, 0.15) is 0 Å². The Bertz CT molecular complexity index is 569. The van der Waals surface area contributed by atoms with E-state index in [4.69, 9.17) is 14.6 Å². The summed E-state index contributed by atoms with van der Waals surface area (Å²) in [5.41, 5.74) is 0.907. The van der Waals surface area contributed by atoms with Gasteiger partial charge in [0.15, 0.2) is 0 Å². The highest BCUT2D eigenvalue weighted by molar-refractivity contribution is 5.85. The minimum atomic E-state index is -1.19. The molecule has 2 heterocycles. The van der Waals surface area contributed by atoms with Crippen LogP contribution in [0.3, 0.4) is 0 Å². The lowest BCUT2D eigenvalue weighted by molar-refractivity contribution is -0.115. The first kappa shape index (κ1) is 12.4. The molecular formula is C13H15NO5. The van der Waals surface area contributed by atoms with Crippen LogP contribution >= 0.6 is 0 Å². The molecule has 1 saturated heterocycles. The number of aliphatic hydroxyl groups excluding tert-OH is 3. The van der Waals surface area contributed by atoms with E-state index in [1.54, 1.807) is 6.20 Å². The number of ether oxygens (including phenoxy) is 2. The summed E-state index contributed by atoms with van der Waals surface area (Å²) in [6.07, 6.45) is -2.50. The third-order valence-corrected chi connectivity index (χ3v) is 3.29. The second kappa shape index (κ2) is 4.82. The van der Waals surface area contributed by atoms with Gasteiger partial charge in [-0.2, -0.15) is 0 Å². The molecule has 4 atom stereocenters. The molecule has 0 saturated carbocycles. The van der Waals surface area contributed by atoms with E-state index in [0.29, 0.717) is 5.75 Å². The molecule has 0 spiro atoms. The Morgan fingerprint density at radius 1 is 1.21 bits per heavy atom. The molecule has 0 bridgehead atoms. The molecule has 1 aromatic carbocycles. The van der Waals surface area contributed by atoms with Crippen molar-refractivity contribution in [1.29, 1.82) is 0 Å². The predicted octanol–water partition coefficient (Wildman–Crippen LogP) is -0.0143. The molecule has 0 amide bonds. The second-order valence-corrected chi connectivity index (χ2v) is 4.52. The highest BCUT2D eigenvalue weighted by Crippen LogP contribution is 2.29. The highest BCUT2D eigenvalue weighted by atomic mass is 16.7. The van der Waals surface area contributed by atoms with Crippen LogP contribution < -0.4 is 4.74 Å². The minimum absolute atomic E-state index is 0.369. The summed E-state index contributed by atoms with van der Waals surface area (Å²) < 4.78 is 10.8. The summed E-state index contributed by atoms with van der Waals surface area (Å²) in [4.78, 5) is 3.04. The molecule has 0 radical (unpaired) electrons. The van der Waals surface area contributed by atoms with Gasteiger partial charge in [-0.1, -0.05) is 12.1 Å². The van der Waals surface area contributed by atoms with E-state index in [9.17, 15) is 10.2 Å². The van der Waals surface area contributed by atoms with E-state index < -0.39 is 24.6 Å². The number of rotatable bonds is 3. The first-order valence-corrected chi connectivity index (χ1v) is 6.06. The molecule has 4 N–H and O–H groups in total. The van der Waals surface area contributed by atoms with E-state index in [1.807, 2.05) is 24.3 Å². The standard InChI is InChI=1S/C13H15NO5/c15-6-10-11(16)12(17)13(19-10)18-9-5-14-8-4-2-1-3-7(8)9/h1-5,10-17H,6H2/t10-,11-,12-,13-/m1/s1. The number of para-hydroxylation sites is 1. The maximum Gasteiger partial charge on any atom is 0.229 e. The Kier molecular flexibility index (Phi) is 3.16. The number of hydrogen-bond donors (Lipinski definition) is 4. The van der Waals surface area contributed by atoms with Crippen molar-refractivity contribution in [2.24, 2.45) is 0 Å². The molecule has 1 aromatic heterocycles. The Labute approximate surface area is 109 Å². The summed E-state index contributed by atoms with van der Waals surface area (Å²) in [7, 11) is 0. The van der Waals surface area contributed by atoms with Gasteiger partial charge < -0.3 is 29.8 Å². The lowest BCUT2D eigenvalue weighted by Gasteiger charge is -2.16. The maximum absolute atomic E-state index is 9.81. The number of hydrogen-bond acceptors (Lipinski definition) is 5. The monoisotopic (exact) mass is 265 g/mol. The molecule has 1 fully saturated rings. The van der Waals surface area contributed by atoms with E-state index >= 15 is 0 Å². The topological polar surface area (TPSA) is 94.9 Å². The summed E-state index contributed by atoms with van der Waals surface area (Å²) in [6.45, 7) is -0.369. The van der Waals surface area contributed by atoms with Crippen LogP contribution in [0.25, 0.3) is 10.9 Å². The summed E-state index contributed by atoms with van der Waals surface area (Å²) >= 11 is 0. The fraction of sp³-hybridized carbons (Fsp3) is 0.385. The zero-order chi connectivity index (χ0) is 13.4. The Morgan fingerprint density at radius 3 is 2.74 bits per heavy atom. The molecule has 6 heteroatoms. The van der Waals surface area contributed by atoms with Gasteiger partial charge in [-0.25, -0.2) is 0 Å². The molecule has 102 valence electrons. The summed E-state index contributed by atoms with van der Waals surface area (Å²) in [6, 6.07) is 7.55.